The number of anilines is 2. The van der Waals surface area contributed by atoms with Crippen molar-refractivity contribution in [2.75, 3.05) is 17.3 Å². The Morgan fingerprint density at radius 1 is 1.25 bits per heavy atom. The average molecular weight is 277 g/mol. The molecule has 3 rings (SSSR count). The zero-order valence-electron chi connectivity index (χ0n) is 12.1. The smallest absolute Gasteiger partial charge is 0.148 e. The number of nitrogen functional groups attached to an aromatic ring is 1. The number of nitrogens with two attached hydrogens (primary N) is 1. The number of nitrogens with one attached hydrogen (secondary N) is 2. The summed E-state index contributed by atoms with van der Waals surface area (Å²) in [5.74, 6) is 8.55. The predicted octanol–water partition coefficient (Wildman–Crippen LogP) is 1.93. The second kappa shape index (κ2) is 5.54. The highest BCUT2D eigenvalue weighted by Gasteiger charge is 2.29. The molecule has 0 radical (unpaired) electrons. The largest absolute Gasteiger partial charge is 0.376 e. The monoisotopic (exact) mass is 277 g/mol. The van der Waals surface area contributed by atoms with Crippen LogP contribution in [0.3, 0.4) is 0 Å². The molecule has 2 fully saturated rings. The first kappa shape index (κ1) is 13.6. The zero-order chi connectivity index (χ0) is 14.1. The molecule has 4 N–H and O–H groups in total. The molecule has 1 aliphatic heterocycles. The average Bonchev–Trinajstić information content (AvgIpc) is 3.15. The zero-order valence-corrected chi connectivity index (χ0v) is 12.1. The predicted molar refractivity (Wildman–Crippen MR) is 78.6 cm³/mol. The minimum atomic E-state index is 0.240. The van der Waals surface area contributed by atoms with Crippen molar-refractivity contribution in [3.05, 3.63) is 11.4 Å². The van der Waals surface area contributed by atoms with Crippen LogP contribution in [-0.4, -0.2) is 28.7 Å². The summed E-state index contributed by atoms with van der Waals surface area (Å²) < 4.78 is 5.73. The number of aromatic nitrogens is 2. The molecule has 1 aliphatic carbocycles. The van der Waals surface area contributed by atoms with Crippen molar-refractivity contribution < 1.29 is 4.74 Å². The van der Waals surface area contributed by atoms with Gasteiger partial charge >= 0.3 is 0 Å². The van der Waals surface area contributed by atoms with E-state index < -0.39 is 0 Å². The van der Waals surface area contributed by atoms with E-state index in [4.69, 9.17) is 10.6 Å². The summed E-state index contributed by atoms with van der Waals surface area (Å²) in [6.45, 7) is 4.99. The molecule has 110 valence electrons. The molecule has 2 atom stereocenters. The van der Waals surface area contributed by atoms with Crippen LogP contribution in [0.1, 0.15) is 49.9 Å². The molecule has 6 heteroatoms. The number of hydrogen-bond acceptors (Lipinski definition) is 6. The van der Waals surface area contributed by atoms with Gasteiger partial charge in [-0.25, -0.2) is 15.8 Å². The molecule has 1 aromatic rings. The van der Waals surface area contributed by atoms with E-state index in [2.05, 4.69) is 27.6 Å². The SMILES string of the molecule is Cc1c(NN)nc(C2CC2)nc1NC(C)C1CCCO1. The van der Waals surface area contributed by atoms with Crippen LogP contribution in [0, 0.1) is 6.92 Å². The minimum absolute atomic E-state index is 0.240. The molecule has 0 spiro atoms. The fraction of sp³-hybridized carbons (Fsp3) is 0.714. The maximum absolute atomic E-state index is 5.73. The highest BCUT2D eigenvalue weighted by atomic mass is 16.5. The van der Waals surface area contributed by atoms with E-state index >= 15 is 0 Å². The lowest BCUT2D eigenvalue weighted by atomic mass is 10.1. The summed E-state index contributed by atoms with van der Waals surface area (Å²) in [6, 6.07) is 0.240. The quantitative estimate of drug-likeness (QED) is 0.563. The van der Waals surface area contributed by atoms with Gasteiger partial charge in [-0.3, -0.25) is 0 Å². The van der Waals surface area contributed by atoms with E-state index in [1.807, 2.05) is 6.92 Å². The van der Waals surface area contributed by atoms with Crippen LogP contribution >= 0.6 is 0 Å². The van der Waals surface area contributed by atoms with Crippen LogP contribution in [0.25, 0.3) is 0 Å². The van der Waals surface area contributed by atoms with Gasteiger partial charge in [0.05, 0.1) is 12.1 Å². The molecule has 1 saturated carbocycles. The number of ether oxygens (including phenoxy) is 1. The molecule has 2 aliphatic rings. The van der Waals surface area contributed by atoms with Gasteiger partial charge in [0.1, 0.15) is 17.5 Å². The molecule has 1 aromatic heterocycles. The van der Waals surface area contributed by atoms with Gasteiger partial charge in [-0.2, -0.15) is 0 Å². The number of hydrogen-bond donors (Lipinski definition) is 3. The van der Waals surface area contributed by atoms with Crippen molar-refractivity contribution in [1.29, 1.82) is 0 Å². The molecule has 1 saturated heterocycles. The summed E-state index contributed by atoms with van der Waals surface area (Å²) in [4.78, 5) is 9.18. The third-order valence-corrected chi connectivity index (χ3v) is 4.13. The van der Waals surface area contributed by atoms with Gasteiger partial charge in [0.15, 0.2) is 0 Å². The molecular weight excluding hydrogens is 254 g/mol. The first-order valence-electron chi connectivity index (χ1n) is 7.42. The number of hydrazine groups is 1. The minimum Gasteiger partial charge on any atom is -0.376 e. The molecule has 0 aromatic carbocycles. The molecule has 0 bridgehead atoms. The first-order valence-corrected chi connectivity index (χ1v) is 7.42. The highest BCUT2D eigenvalue weighted by Crippen LogP contribution is 2.39. The van der Waals surface area contributed by atoms with Crippen LogP contribution in [0.2, 0.25) is 0 Å². The Morgan fingerprint density at radius 2 is 2.00 bits per heavy atom. The Morgan fingerprint density at radius 3 is 2.60 bits per heavy atom. The Hall–Kier alpha value is -1.40. The molecule has 6 nitrogen and oxygen atoms in total. The maximum atomic E-state index is 5.73. The topological polar surface area (TPSA) is 85.1 Å². The number of rotatable bonds is 5. The van der Waals surface area contributed by atoms with Gasteiger partial charge in [0, 0.05) is 18.1 Å². The van der Waals surface area contributed by atoms with E-state index in [0.29, 0.717) is 11.7 Å². The fourth-order valence-corrected chi connectivity index (χ4v) is 2.64. The lowest BCUT2D eigenvalue weighted by molar-refractivity contribution is 0.0995. The van der Waals surface area contributed by atoms with Crippen LogP contribution in [0.15, 0.2) is 0 Å². The van der Waals surface area contributed by atoms with Gasteiger partial charge < -0.3 is 15.5 Å². The van der Waals surface area contributed by atoms with Gasteiger partial charge in [0.2, 0.25) is 0 Å². The molecule has 20 heavy (non-hydrogen) atoms. The normalized spacial score (nSPS) is 23.6. The van der Waals surface area contributed by atoms with E-state index in [9.17, 15) is 0 Å². The van der Waals surface area contributed by atoms with E-state index in [1.165, 1.54) is 12.8 Å². The summed E-state index contributed by atoms with van der Waals surface area (Å²) in [5.41, 5.74) is 3.64. The summed E-state index contributed by atoms with van der Waals surface area (Å²) in [5, 5.41) is 3.48. The van der Waals surface area contributed by atoms with Crippen molar-refractivity contribution in [1.82, 2.24) is 9.97 Å². The van der Waals surface area contributed by atoms with Gasteiger partial charge in [-0.15, -0.1) is 0 Å². The lowest BCUT2D eigenvalue weighted by Gasteiger charge is -2.22. The first-order chi connectivity index (χ1) is 9.69. The van der Waals surface area contributed by atoms with Gasteiger partial charge in [-0.05, 0) is 39.5 Å². The second-order valence-corrected chi connectivity index (χ2v) is 5.81. The molecule has 2 unspecified atom stereocenters. The third kappa shape index (κ3) is 2.71. The standard InChI is InChI=1S/C14H23N5O/c1-8-12(16-9(2)11-4-3-7-20-11)17-14(10-5-6-10)18-13(8)19-15/h9-11H,3-7,15H2,1-2H3,(H2,16,17,18,19). The van der Waals surface area contributed by atoms with Crippen LogP contribution < -0.4 is 16.6 Å². The Kier molecular flexibility index (Phi) is 3.76. The van der Waals surface area contributed by atoms with E-state index in [1.54, 1.807) is 0 Å². The van der Waals surface area contributed by atoms with Crippen molar-refractivity contribution in [2.45, 2.75) is 57.6 Å². The summed E-state index contributed by atoms with van der Waals surface area (Å²) in [7, 11) is 0. The van der Waals surface area contributed by atoms with Crippen LogP contribution in [-0.2, 0) is 4.74 Å². The Balaban J connectivity index is 1.81. The number of nitrogens with zero attached hydrogens (tertiary/aromatic N) is 2. The molecule has 0 amide bonds. The van der Waals surface area contributed by atoms with Crippen LogP contribution in [0.4, 0.5) is 11.6 Å². The summed E-state index contributed by atoms with van der Waals surface area (Å²) in [6.07, 6.45) is 4.86. The van der Waals surface area contributed by atoms with Crippen molar-refractivity contribution in [3.63, 3.8) is 0 Å². The van der Waals surface area contributed by atoms with Crippen molar-refractivity contribution in [3.8, 4) is 0 Å². The Labute approximate surface area is 119 Å². The second-order valence-electron chi connectivity index (χ2n) is 5.81. The van der Waals surface area contributed by atoms with Crippen LogP contribution in [0.5, 0.6) is 0 Å². The fourth-order valence-electron chi connectivity index (χ4n) is 2.64. The van der Waals surface area contributed by atoms with E-state index in [0.717, 1.165) is 36.7 Å². The lowest BCUT2D eigenvalue weighted by Crippen LogP contribution is -2.31. The van der Waals surface area contributed by atoms with Gasteiger partial charge in [0.25, 0.3) is 0 Å². The van der Waals surface area contributed by atoms with Crippen molar-refractivity contribution >= 4 is 11.6 Å². The van der Waals surface area contributed by atoms with Gasteiger partial charge in [-0.1, -0.05) is 0 Å². The Bertz CT molecular complexity index is 483. The van der Waals surface area contributed by atoms with Crippen molar-refractivity contribution in [2.24, 2.45) is 5.84 Å². The highest BCUT2D eigenvalue weighted by molar-refractivity contribution is 5.57. The maximum Gasteiger partial charge on any atom is 0.148 e. The third-order valence-electron chi connectivity index (χ3n) is 4.13. The molecular formula is C14H23N5O. The summed E-state index contributed by atoms with van der Waals surface area (Å²) >= 11 is 0. The van der Waals surface area contributed by atoms with E-state index in [-0.39, 0.29) is 12.1 Å². The molecule has 2 heterocycles.